The largest absolute Gasteiger partial charge is 0.382 e. The number of hydrogen-bond donors (Lipinski definition) is 1. The molecule has 16 heavy (non-hydrogen) atoms. The third kappa shape index (κ3) is 1.95. The molecule has 0 spiro atoms. The molecule has 0 atom stereocenters. The first kappa shape index (κ1) is 10.4. The molecule has 2 rings (SSSR count). The number of aromatic nitrogens is 2. The van der Waals surface area contributed by atoms with Gasteiger partial charge in [-0.3, -0.25) is 4.98 Å². The van der Waals surface area contributed by atoms with Crippen LogP contribution < -0.4 is 10.6 Å². The molecular formula is C12H14N4. The normalized spacial score (nSPS) is 10.1. The summed E-state index contributed by atoms with van der Waals surface area (Å²) in [6.07, 6.45) is 3.23. The lowest BCUT2D eigenvalue weighted by molar-refractivity contribution is 1.13. The van der Waals surface area contributed by atoms with E-state index >= 15 is 0 Å². The van der Waals surface area contributed by atoms with E-state index in [0.717, 1.165) is 16.9 Å². The van der Waals surface area contributed by atoms with Gasteiger partial charge in [0, 0.05) is 37.7 Å². The second-order valence-electron chi connectivity index (χ2n) is 3.73. The molecule has 82 valence electrons. The van der Waals surface area contributed by atoms with Crippen LogP contribution in [0.3, 0.4) is 0 Å². The van der Waals surface area contributed by atoms with Gasteiger partial charge in [-0.25, -0.2) is 4.98 Å². The van der Waals surface area contributed by atoms with E-state index in [2.05, 4.69) is 9.97 Å². The van der Waals surface area contributed by atoms with Crippen LogP contribution in [0.5, 0.6) is 0 Å². The van der Waals surface area contributed by atoms with Crippen molar-refractivity contribution in [2.75, 3.05) is 24.7 Å². The van der Waals surface area contributed by atoms with Crippen LogP contribution in [0.15, 0.2) is 36.7 Å². The van der Waals surface area contributed by atoms with E-state index in [1.165, 1.54) is 0 Å². The quantitative estimate of drug-likeness (QED) is 0.828. The summed E-state index contributed by atoms with van der Waals surface area (Å²) in [7, 11) is 4.01. The Bertz CT molecular complexity index is 477. The van der Waals surface area contributed by atoms with Crippen LogP contribution in [0.4, 0.5) is 11.5 Å². The number of nitrogens with zero attached hydrogens (tertiary/aromatic N) is 3. The molecule has 4 heteroatoms. The Morgan fingerprint density at radius 2 is 1.62 bits per heavy atom. The van der Waals surface area contributed by atoms with E-state index in [9.17, 15) is 0 Å². The maximum absolute atomic E-state index is 5.77. The molecule has 0 aliphatic heterocycles. The maximum Gasteiger partial charge on any atom is 0.149 e. The Labute approximate surface area is 94.8 Å². The number of benzene rings is 1. The number of nitrogens with two attached hydrogens (primary N) is 1. The first-order chi connectivity index (χ1) is 7.68. The van der Waals surface area contributed by atoms with E-state index in [-0.39, 0.29) is 0 Å². The summed E-state index contributed by atoms with van der Waals surface area (Å²) in [4.78, 5) is 10.3. The summed E-state index contributed by atoms with van der Waals surface area (Å²) in [5, 5.41) is 0. The summed E-state index contributed by atoms with van der Waals surface area (Å²) < 4.78 is 0. The fourth-order valence-corrected chi connectivity index (χ4v) is 1.49. The molecule has 0 aliphatic rings. The van der Waals surface area contributed by atoms with Crippen LogP contribution in [-0.4, -0.2) is 24.1 Å². The molecule has 0 aliphatic carbocycles. The van der Waals surface area contributed by atoms with E-state index < -0.39 is 0 Å². The summed E-state index contributed by atoms with van der Waals surface area (Å²) in [5.41, 5.74) is 8.62. The number of nitrogen functional groups attached to an aromatic ring is 1. The fourth-order valence-electron chi connectivity index (χ4n) is 1.49. The van der Waals surface area contributed by atoms with Crippen molar-refractivity contribution in [3.63, 3.8) is 0 Å². The zero-order chi connectivity index (χ0) is 11.5. The van der Waals surface area contributed by atoms with Crippen LogP contribution >= 0.6 is 0 Å². The number of hydrogen-bond acceptors (Lipinski definition) is 4. The van der Waals surface area contributed by atoms with Gasteiger partial charge in [0.2, 0.25) is 0 Å². The minimum atomic E-state index is 0.458. The van der Waals surface area contributed by atoms with E-state index in [0.29, 0.717) is 5.82 Å². The van der Waals surface area contributed by atoms with E-state index in [1.54, 1.807) is 12.4 Å². The van der Waals surface area contributed by atoms with Gasteiger partial charge in [-0.15, -0.1) is 0 Å². The third-order valence-electron chi connectivity index (χ3n) is 2.38. The highest BCUT2D eigenvalue weighted by Crippen LogP contribution is 2.23. The lowest BCUT2D eigenvalue weighted by Gasteiger charge is -2.12. The third-order valence-corrected chi connectivity index (χ3v) is 2.38. The minimum Gasteiger partial charge on any atom is -0.382 e. The van der Waals surface area contributed by atoms with E-state index in [1.807, 2.05) is 43.3 Å². The lowest BCUT2D eigenvalue weighted by atomic mass is 10.1. The monoisotopic (exact) mass is 214 g/mol. The fraction of sp³-hybridized carbons (Fsp3) is 0.167. The Hall–Kier alpha value is -2.10. The average molecular weight is 214 g/mol. The van der Waals surface area contributed by atoms with Crippen molar-refractivity contribution in [2.45, 2.75) is 0 Å². The van der Waals surface area contributed by atoms with Gasteiger partial charge in [0.25, 0.3) is 0 Å². The molecule has 0 saturated heterocycles. The molecule has 0 amide bonds. The molecule has 0 unspecified atom stereocenters. The molecule has 1 heterocycles. The predicted octanol–water partition coefficient (Wildman–Crippen LogP) is 1.79. The predicted molar refractivity (Wildman–Crippen MR) is 66.2 cm³/mol. The van der Waals surface area contributed by atoms with E-state index in [4.69, 9.17) is 5.73 Å². The first-order valence-electron chi connectivity index (χ1n) is 5.03. The summed E-state index contributed by atoms with van der Waals surface area (Å²) in [5.74, 6) is 0.458. The molecule has 1 aromatic carbocycles. The topological polar surface area (TPSA) is 55.0 Å². The molecule has 2 N–H and O–H groups in total. The Kier molecular flexibility index (Phi) is 2.72. The van der Waals surface area contributed by atoms with Gasteiger partial charge in [-0.2, -0.15) is 0 Å². The second kappa shape index (κ2) is 4.18. The summed E-state index contributed by atoms with van der Waals surface area (Å²) >= 11 is 0. The van der Waals surface area contributed by atoms with Crippen LogP contribution in [0, 0.1) is 0 Å². The van der Waals surface area contributed by atoms with Crippen molar-refractivity contribution in [2.24, 2.45) is 0 Å². The van der Waals surface area contributed by atoms with Crippen LogP contribution in [-0.2, 0) is 0 Å². The van der Waals surface area contributed by atoms with Crippen molar-refractivity contribution in [3.05, 3.63) is 36.7 Å². The Balaban J connectivity index is 2.39. The second-order valence-corrected chi connectivity index (χ2v) is 3.73. The molecule has 4 nitrogen and oxygen atoms in total. The lowest BCUT2D eigenvalue weighted by Crippen LogP contribution is -2.08. The van der Waals surface area contributed by atoms with Crippen molar-refractivity contribution in [3.8, 4) is 11.3 Å². The SMILES string of the molecule is CN(C)c1ccc(-c2nccnc2N)cc1. The molecule has 0 bridgehead atoms. The summed E-state index contributed by atoms with van der Waals surface area (Å²) in [6.45, 7) is 0. The zero-order valence-electron chi connectivity index (χ0n) is 9.38. The minimum absolute atomic E-state index is 0.458. The Morgan fingerprint density at radius 1 is 1.00 bits per heavy atom. The molecular weight excluding hydrogens is 200 g/mol. The highest BCUT2D eigenvalue weighted by molar-refractivity contribution is 5.70. The average Bonchev–Trinajstić information content (AvgIpc) is 2.30. The van der Waals surface area contributed by atoms with Crippen molar-refractivity contribution in [1.29, 1.82) is 0 Å². The molecule has 2 aromatic rings. The van der Waals surface area contributed by atoms with Gasteiger partial charge in [-0.05, 0) is 12.1 Å². The highest BCUT2D eigenvalue weighted by atomic mass is 15.1. The number of anilines is 2. The number of rotatable bonds is 2. The first-order valence-corrected chi connectivity index (χ1v) is 5.03. The van der Waals surface area contributed by atoms with Crippen LogP contribution in [0.25, 0.3) is 11.3 Å². The molecule has 0 fully saturated rings. The van der Waals surface area contributed by atoms with Crippen LogP contribution in [0.2, 0.25) is 0 Å². The van der Waals surface area contributed by atoms with Gasteiger partial charge >= 0.3 is 0 Å². The summed E-state index contributed by atoms with van der Waals surface area (Å²) in [6, 6.07) is 8.05. The van der Waals surface area contributed by atoms with Crippen molar-refractivity contribution >= 4 is 11.5 Å². The highest BCUT2D eigenvalue weighted by Gasteiger charge is 2.04. The maximum atomic E-state index is 5.77. The van der Waals surface area contributed by atoms with Gasteiger partial charge < -0.3 is 10.6 Å². The molecule has 0 radical (unpaired) electrons. The van der Waals surface area contributed by atoms with Crippen molar-refractivity contribution in [1.82, 2.24) is 9.97 Å². The smallest absolute Gasteiger partial charge is 0.149 e. The van der Waals surface area contributed by atoms with Crippen molar-refractivity contribution < 1.29 is 0 Å². The van der Waals surface area contributed by atoms with Gasteiger partial charge in [-0.1, -0.05) is 12.1 Å². The standard InChI is InChI=1S/C12H14N4/c1-16(2)10-5-3-9(4-6-10)11-12(13)15-8-7-14-11/h3-8H,1-2H3,(H2,13,15). The molecule has 1 aromatic heterocycles. The Morgan fingerprint density at radius 3 is 2.19 bits per heavy atom. The zero-order valence-corrected chi connectivity index (χ0v) is 9.38. The van der Waals surface area contributed by atoms with Gasteiger partial charge in [0.15, 0.2) is 0 Å². The van der Waals surface area contributed by atoms with Crippen LogP contribution in [0.1, 0.15) is 0 Å². The van der Waals surface area contributed by atoms with Gasteiger partial charge in [0.05, 0.1) is 0 Å². The molecule has 0 saturated carbocycles. The van der Waals surface area contributed by atoms with Gasteiger partial charge in [0.1, 0.15) is 11.5 Å².